The van der Waals surface area contributed by atoms with Crippen LogP contribution < -0.4 is 10.2 Å². The fraction of sp³-hybridized carbons (Fsp3) is 0.350. The van der Waals surface area contributed by atoms with E-state index in [0.717, 1.165) is 36.6 Å². The number of nitrogens with one attached hydrogen (secondary N) is 1. The number of carbonyl (C=O) groups excluding carboxylic acids is 2. The van der Waals surface area contributed by atoms with Gasteiger partial charge in [-0.25, -0.2) is 4.98 Å². The van der Waals surface area contributed by atoms with Crippen LogP contribution in [-0.4, -0.2) is 48.4 Å². The molecule has 1 fully saturated rings. The molecule has 3 rings (SSSR count). The van der Waals surface area contributed by atoms with Crippen molar-refractivity contribution in [1.82, 2.24) is 9.88 Å². The molecular weight excluding hydrogens is 328 g/mol. The molecule has 1 aliphatic rings. The van der Waals surface area contributed by atoms with E-state index in [1.165, 1.54) is 0 Å². The molecule has 2 heterocycles. The SMILES string of the molecule is CC(C)c1ccccc1NC(=O)c1ccc(N2CCN(C=O)CC2)nc1. The van der Waals surface area contributed by atoms with Crippen LogP contribution in [0.3, 0.4) is 0 Å². The molecular formula is C20H24N4O2. The molecule has 0 saturated carbocycles. The molecule has 0 spiro atoms. The van der Waals surface area contributed by atoms with E-state index in [-0.39, 0.29) is 5.91 Å². The highest BCUT2D eigenvalue weighted by Gasteiger charge is 2.17. The van der Waals surface area contributed by atoms with Crippen LogP contribution >= 0.6 is 0 Å². The molecule has 2 amide bonds. The quantitative estimate of drug-likeness (QED) is 0.841. The highest BCUT2D eigenvalue weighted by atomic mass is 16.1. The van der Waals surface area contributed by atoms with E-state index in [1.807, 2.05) is 30.3 Å². The number of amides is 2. The molecule has 0 radical (unpaired) electrons. The number of nitrogens with zero attached hydrogens (tertiary/aromatic N) is 3. The van der Waals surface area contributed by atoms with Crippen molar-refractivity contribution in [2.75, 3.05) is 36.4 Å². The number of anilines is 2. The van der Waals surface area contributed by atoms with Crippen molar-refractivity contribution >= 4 is 23.8 Å². The van der Waals surface area contributed by atoms with Gasteiger partial charge in [0.2, 0.25) is 6.41 Å². The van der Waals surface area contributed by atoms with E-state index >= 15 is 0 Å². The topological polar surface area (TPSA) is 65.5 Å². The maximum absolute atomic E-state index is 12.5. The van der Waals surface area contributed by atoms with E-state index in [1.54, 1.807) is 17.2 Å². The number of pyridine rings is 1. The van der Waals surface area contributed by atoms with Crippen LogP contribution in [0.25, 0.3) is 0 Å². The Hall–Kier alpha value is -2.89. The first-order valence-corrected chi connectivity index (χ1v) is 8.89. The first kappa shape index (κ1) is 17.9. The summed E-state index contributed by atoms with van der Waals surface area (Å²) in [5, 5.41) is 2.98. The average Bonchev–Trinajstić information content (AvgIpc) is 2.68. The van der Waals surface area contributed by atoms with Gasteiger partial charge in [-0.1, -0.05) is 32.0 Å². The van der Waals surface area contributed by atoms with Gasteiger partial charge in [-0.3, -0.25) is 9.59 Å². The molecule has 2 aromatic rings. The van der Waals surface area contributed by atoms with Crippen molar-refractivity contribution in [3.8, 4) is 0 Å². The van der Waals surface area contributed by atoms with Gasteiger partial charge in [-0.2, -0.15) is 0 Å². The summed E-state index contributed by atoms with van der Waals surface area (Å²) < 4.78 is 0. The van der Waals surface area contributed by atoms with E-state index < -0.39 is 0 Å². The monoisotopic (exact) mass is 352 g/mol. The Morgan fingerprint density at radius 1 is 1.12 bits per heavy atom. The van der Waals surface area contributed by atoms with E-state index in [4.69, 9.17) is 0 Å². The Kier molecular flexibility index (Phi) is 5.51. The molecule has 1 N–H and O–H groups in total. The molecule has 0 unspecified atom stereocenters. The molecule has 0 aliphatic carbocycles. The van der Waals surface area contributed by atoms with Crippen LogP contribution in [0.5, 0.6) is 0 Å². The van der Waals surface area contributed by atoms with Crippen LogP contribution in [0.15, 0.2) is 42.6 Å². The predicted octanol–water partition coefficient (Wildman–Crippen LogP) is 2.74. The Labute approximate surface area is 153 Å². The lowest BCUT2D eigenvalue weighted by Gasteiger charge is -2.33. The third-order valence-corrected chi connectivity index (χ3v) is 4.63. The zero-order valence-corrected chi connectivity index (χ0v) is 15.2. The van der Waals surface area contributed by atoms with Gasteiger partial charge in [0, 0.05) is 38.1 Å². The fourth-order valence-corrected chi connectivity index (χ4v) is 3.07. The number of piperazine rings is 1. The summed E-state index contributed by atoms with van der Waals surface area (Å²) in [5.41, 5.74) is 2.47. The maximum atomic E-state index is 12.5. The minimum atomic E-state index is -0.164. The van der Waals surface area contributed by atoms with Gasteiger partial charge < -0.3 is 15.1 Å². The van der Waals surface area contributed by atoms with Gasteiger partial charge in [0.05, 0.1) is 5.56 Å². The minimum Gasteiger partial charge on any atom is -0.353 e. The summed E-state index contributed by atoms with van der Waals surface area (Å²) in [6.07, 6.45) is 2.49. The number of hydrogen-bond acceptors (Lipinski definition) is 4. The number of aromatic nitrogens is 1. The average molecular weight is 352 g/mol. The summed E-state index contributed by atoms with van der Waals surface area (Å²) in [7, 11) is 0. The van der Waals surface area contributed by atoms with Crippen LogP contribution in [-0.2, 0) is 4.79 Å². The summed E-state index contributed by atoms with van der Waals surface area (Å²) in [6, 6.07) is 11.5. The van der Waals surface area contributed by atoms with E-state index in [0.29, 0.717) is 24.6 Å². The summed E-state index contributed by atoms with van der Waals surface area (Å²) >= 11 is 0. The Balaban J connectivity index is 1.67. The smallest absolute Gasteiger partial charge is 0.257 e. The van der Waals surface area contributed by atoms with Gasteiger partial charge in [-0.15, -0.1) is 0 Å². The van der Waals surface area contributed by atoms with Crippen molar-refractivity contribution in [1.29, 1.82) is 0 Å². The summed E-state index contributed by atoms with van der Waals surface area (Å²) in [4.78, 5) is 31.6. The normalized spacial score (nSPS) is 14.4. The highest BCUT2D eigenvalue weighted by molar-refractivity contribution is 6.04. The predicted molar refractivity (Wildman–Crippen MR) is 103 cm³/mol. The number of benzene rings is 1. The van der Waals surface area contributed by atoms with Crippen molar-refractivity contribution in [3.63, 3.8) is 0 Å². The molecule has 1 aromatic carbocycles. The van der Waals surface area contributed by atoms with Crippen LogP contribution in [0, 0.1) is 0 Å². The Bertz CT molecular complexity index is 766. The molecule has 6 nitrogen and oxygen atoms in total. The lowest BCUT2D eigenvalue weighted by atomic mass is 10.0. The molecule has 26 heavy (non-hydrogen) atoms. The number of carbonyl (C=O) groups is 2. The number of rotatable bonds is 5. The third kappa shape index (κ3) is 4.02. The van der Waals surface area contributed by atoms with Crippen LogP contribution in [0.1, 0.15) is 35.7 Å². The van der Waals surface area contributed by atoms with Crippen molar-refractivity contribution in [2.24, 2.45) is 0 Å². The third-order valence-electron chi connectivity index (χ3n) is 4.63. The minimum absolute atomic E-state index is 0.164. The number of para-hydroxylation sites is 1. The largest absolute Gasteiger partial charge is 0.353 e. The molecule has 1 saturated heterocycles. The van der Waals surface area contributed by atoms with Gasteiger partial charge in [0.25, 0.3) is 5.91 Å². The molecule has 1 aromatic heterocycles. The second-order valence-electron chi connectivity index (χ2n) is 6.73. The zero-order valence-electron chi connectivity index (χ0n) is 15.2. The molecule has 0 bridgehead atoms. The standard InChI is InChI=1S/C20H24N4O2/c1-15(2)17-5-3-4-6-18(17)22-20(26)16-7-8-19(21-13-16)24-11-9-23(14-25)10-12-24/h3-8,13-15H,9-12H2,1-2H3,(H,22,26). The summed E-state index contributed by atoms with van der Waals surface area (Å²) in [6.45, 7) is 7.09. The van der Waals surface area contributed by atoms with Gasteiger partial charge in [0.1, 0.15) is 5.82 Å². The second-order valence-corrected chi connectivity index (χ2v) is 6.73. The fourth-order valence-electron chi connectivity index (χ4n) is 3.07. The highest BCUT2D eigenvalue weighted by Crippen LogP contribution is 2.24. The maximum Gasteiger partial charge on any atom is 0.257 e. The first-order chi connectivity index (χ1) is 12.6. The second kappa shape index (κ2) is 7.99. The Morgan fingerprint density at radius 2 is 1.85 bits per heavy atom. The van der Waals surface area contributed by atoms with Gasteiger partial charge in [-0.05, 0) is 29.7 Å². The molecule has 1 aliphatic heterocycles. The lowest BCUT2D eigenvalue weighted by Crippen LogP contribution is -2.46. The van der Waals surface area contributed by atoms with Gasteiger partial charge >= 0.3 is 0 Å². The van der Waals surface area contributed by atoms with Crippen molar-refractivity contribution < 1.29 is 9.59 Å². The van der Waals surface area contributed by atoms with E-state index in [9.17, 15) is 9.59 Å². The van der Waals surface area contributed by atoms with E-state index in [2.05, 4.69) is 29.0 Å². The van der Waals surface area contributed by atoms with Crippen molar-refractivity contribution in [2.45, 2.75) is 19.8 Å². The molecule has 136 valence electrons. The van der Waals surface area contributed by atoms with Crippen LogP contribution in [0.4, 0.5) is 11.5 Å². The first-order valence-electron chi connectivity index (χ1n) is 8.89. The Morgan fingerprint density at radius 3 is 2.46 bits per heavy atom. The van der Waals surface area contributed by atoms with Crippen molar-refractivity contribution in [3.05, 3.63) is 53.7 Å². The van der Waals surface area contributed by atoms with Crippen LogP contribution in [0.2, 0.25) is 0 Å². The lowest BCUT2D eigenvalue weighted by molar-refractivity contribution is -0.118. The summed E-state index contributed by atoms with van der Waals surface area (Å²) in [5.74, 6) is 0.995. The molecule has 6 heteroatoms. The zero-order chi connectivity index (χ0) is 18.5. The van der Waals surface area contributed by atoms with Gasteiger partial charge in [0.15, 0.2) is 0 Å². The molecule has 0 atom stereocenters. The number of hydrogen-bond donors (Lipinski definition) is 1.